The number of ether oxygens (including phenoxy) is 2. The molecular formula is C28H33N9O2. The van der Waals surface area contributed by atoms with Crippen LogP contribution in [0.25, 0.3) is 17.0 Å². The van der Waals surface area contributed by atoms with E-state index < -0.39 is 0 Å². The summed E-state index contributed by atoms with van der Waals surface area (Å²) in [6, 6.07) is 13.7. The summed E-state index contributed by atoms with van der Waals surface area (Å²) < 4.78 is 13.4. The third-order valence-electron chi connectivity index (χ3n) is 6.50. The van der Waals surface area contributed by atoms with Crippen molar-refractivity contribution in [1.82, 2.24) is 29.7 Å². The van der Waals surface area contributed by atoms with Crippen LogP contribution >= 0.6 is 0 Å². The van der Waals surface area contributed by atoms with E-state index in [-0.39, 0.29) is 0 Å². The zero-order valence-corrected chi connectivity index (χ0v) is 22.0. The van der Waals surface area contributed by atoms with Gasteiger partial charge in [0.2, 0.25) is 0 Å². The summed E-state index contributed by atoms with van der Waals surface area (Å²) in [5.41, 5.74) is 7.71. The number of nitrogens with zero attached hydrogens (tertiary/aromatic N) is 6. The molecule has 202 valence electrons. The van der Waals surface area contributed by atoms with E-state index in [0.717, 1.165) is 79.0 Å². The van der Waals surface area contributed by atoms with Crippen LogP contribution in [0, 0.1) is 5.41 Å². The largest absolute Gasteiger partial charge is 0.493 e. The average molecular weight is 528 g/mol. The van der Waals surface area contributed by atoms with Crippen LogP contribution in [0.4, 0.5) is 5.82 Å². The molecule has 0 saturated carbocycles. The van der Waals surface area contributed by atoms with Gasteiger partial charge in [0.1, 0.15) is 29.3 Å². The number of pyridine rings is 1. The van der Waals surface area contributed by atoms with Crippen LogP contribution in [-0.2, 0) is 11.3 Å². The van der Waals surface area contributed by atoms with Gasteiger partial charge in [-0.1, -0.05) is 24.3 Å². The van der Waals surface area contributed by atoms with Gasteiger partial charge in [0.25, 0.3) is 0 Å². The Labute approximate surface area is 227 Å². The normalized spacial score (nSPS) is 14.3. The Morgan fingerprint density at radius 2 is 1.97 bits per heavy atom. The van der Waals surface area contributed by atoms with E-state index >= 15 is 0 Å². The Hall–Kier alpha value is -4.35. The standard InChI is InChI=1S/C28H33N9O2/c1-30-35-25(17-29)22-5-3-21(4-6-22)18-31-27-16-24(33-20-34-27)26-19-32-28-15-23(7-9-37(26)28)39-12-2-8-36-10-13-38-14-11-36/h3-7,9,15-17,19-20,29-30H,2,8,10-14,18H2,1H3,(H,31,33,34)/b29-17?,35-25+. The van der Waals surface area contributed by atoms with E-state index in [1.54, 1.807) is 13.4 Å². The summed E-state index contributed by atoms with van der Waals surface area (Å²) in [6.45, 7) is 5.91. The highest BCUT2D eigenvalue weighted by Gasteiger charge is 2.11. The second kappa shape index (κ2) is 12.9. The summed E-state index contributed by atoms with van der Waals surface area (Å²) in [7, 11) is 1.71. The van der Waals surface area contributed by atoms with E-state index in [4.69, 9.17) is 14.9 Å². The number of hydrogen-bond acceptors (Lipinski definition) is 10. The van der Waals surface area contributed by atoms with Gasteiger partial charge in [0.05, 0.1) is 37.4 Å². The first-order valence-electron chi connectivity index (χ1n) is 13.0. The van der Waals surface area contributed by atoms with E-state index in [1.807, 2.05) is 59.3 Å². The monoisotopic (exact) mass is 527 g/mol. The van der Waals surface area contributed by atoms with Crippen molar-refractivity contribution in [1.29, 1.82) is 5.41 Å². The number of anilines is 1. The lowest BCUT2D eigenvalue weighted by Crippen LogP contribution is -2.37. The fourth-order valence-electron chi connectivity index (χ4n) is 4.42. The van der Waals surface area contributed by atoms with Crippen molar-refractivity contribution in [3.05, 3.63) is 72.3 Å². The maximum atomic E-state index is 7.52. The molecule has 0 amide bonds. The van der Waals surface area contributed by atoms with E-state index in [1.165, 1.54) is 6.21 Å². The number of nitrogens with one attached hydrogen (secondary N) is 3. The van der Waals surface area contributed by atoms with Gasteiger partial charge in [0.15, 0.2) is 0 Å². The van der Waals surface area contributed by atoms with E-state index in [0.29, 0.717) is 18.9 Å². The quantitative estimate of drug-likeness (QED) is 0.146. The SMILES string of the molecule is CN/N=C(\C=N)c1ccc(CNc2cc(-c3cnc4cc(OCCCN5CCOCC5)ccn34)ncn2)cc1. The molecule has 1 fully saturated rings. The third kappa shape index (κ3) is 6.75. The van der Waals surface area contributed by atoms with Crippen LogP contribution in [0.5, 0.6) is 5.75 Å². The van der Waals surface area contributed by atoms with Crippen LogP contribution in [0.3, 0.4) is 0 Å². The third-order valence-corrected chi connectivity index (χ3v) is 6.50. The number of hydrogen-bond donors (Lipinski definition) is 3. The number of hydrazone groups is 1. The molecule has 0 aliphatic carbocycles. The maximum absolute atomic E-state index is 7.52. The predicted octanol–water partition coefficient (Wildman–Crippen LogP) is 3.08. The molecule has 5 rings (SSSR count). The summed E-state index contributed by atoms with van der Waals surface area (Å²) >= 11 is 0. The Bertz CT molecular complexity index is 1410. The van der Waals surface area contributed by atoms with Gasteiger partial charge < -0.3 is 25.6 Å². The zero-order valence-electron chi connectivity index (χ0n) is 22.0. The molecule has 3 aromatic heterocycles. The topological polar surface area (TPSA) is 125 Å². The van der Waals surface area contributed by atoms with Gasteiger partial charge >= 0.3 is 0 Å². The van der Waals surface area contributed by atoms with Gasteiger partial charge in [0, 0.05) is 63.3 Å². The van der Waals surface area contributed by atoms with Gasteiger partial charge in [-0.25, -0.2) is 15.0 Å². The lowest BCUT2D eigenvalue weighted by molar-refractivity contribution is 0.0358. The van der Waals surface area contributed by atoms with E-state index in [2.05, 4.69) is 35.7 Å². The second-order valence-corrected chi connectivity index (χ2v) is 9.09. The molecule has 1 aliphatic heterocycles. The fraction of sp³-hybridized carbons (Fsp3) is 0.321. The molecule has 4 aromatic rings. The molecule has 0 atom stereocenters. The van der Waals surface area contributed by atoms with Gasteiger partial charge in [-0.15, -0.1) is 0 Å². The minimum Gasteiger partial charge on any atom is -0.493 e. The summed E-state index contributed by atoms with van der Waals surface area (Å²) in [5, 5.41) is 15.0. The number of imidazole rings is 1. The van der Waals surface area contributed by atoms with Crippen molar-refractivity contribution in [3.8, 4) is 17.1 Å². The van der Waals surface area contributed by atoms with Crippen LogP contribution in [0.15, 0.2) is 66.3 Å². The highest BCUT2D eigenvalue weighted by Crippen LogP contribution is 2.23. The summed E-state index contributed by atoms with van der Waals surface area (Å²) in [4.78, 5) is 15.8. The molecule has 0 bridgehead atoms. The molecule has 11 heteroatoms. The molecule has 11 nitrogen and oxygen atoms in total. The van der Waals surface area contributed by atoms with Gasteiger partial charge in [-0.05, 0) is 18.1 Å². The van der Waals surface area contributed by atoms with Crippen molar-refractivity contribution in [3.63, 3.8) is 0 Å². The first kappa shape index (κ1) is 26.3. The molecule has 4 heterocycles. The average Bonchev–Trinajstić information content (AvgIpc) is 3.41. The molecule has 39 heavy (non-hydrogen) atoms. The van der Waals surface area contributed by atoms with Gasteiger partial charge in [-0.3, -0.25) is 9.30 Å². The van der Waals surface area contributed by atoms with Crippen LogP contribution in [0.2, 0.25) is 0 Å². The molecule has 1 saturated heterocycles. The number of fused-ring (bicyclic) bond motifs is 1. The van der Waals surface area contributed by atoms with Crippen molar-refractivity contribution in [2.45, 2.75) is 13.0 Å². The lowest BCUT2D eigenvalue weighted by atomic mass is 10.1. The minimum absolute atomic E-state index is 0.577. The van der Waals surface area contributed by atoms with Crippen LogP contribution in [0.1, 0.15) is 17.5 Å². The number of benzene rings is 1. The van der Waals surface area contributed by atoms with Crippen LogP contribution in [-0.4, -0.2) is 82.7 Å². The highest BCUT2D eigenvalue weighted by molar-refractivity contribution is 6.37. The second-order valence-electron chi connectivity index (χ2n) is 9.09. The van der Waals surface area contributed by atoms with Crippen LogP contribution < -0.4 is 15.5 Å². The Kier molecular flexibility index (Phi) is 8.71. The fourth-order valence-corrected chi connectivity index (χ4v) is 4.42. The zero-order chi connectivity index (χ0) is 26.9. The van der Waals surface area contributed by atoms with Crippen molar-refractivity contribution in [2.75, 3.05) is 51.8 Å². The molecule has 0 unspecified atom stereocenters. The summed E-state index contributed by atoms with van der Waals surface area (Å²) in [6.07, 6.45) is 7.54. The van der Waals surface area contributed by atoms with Gasteiger partial charge in [-0.2, -0.15) is 5.10 Å². The van der Waals surface area contributed by atoms with Crippen molar-refractivity contribution in [2.24, 2.45) is 5.10 Å². The smallest absolute Gasteiger partial charge is 0.140 e. The number of morpholine rings is 1. The molecule has 0 spiro atoms. The van der Waals surface area contributed by atoms with E-state index in [9.17, 15) is 0 Å². The van der Waals surface area contributed by atoms with Crippen molar-refractivity contribution < 1.29 is 9.47 Å². The highest BCUT2D eigenvalue weighted by atomic mass is 16.5. The predicted molar refractivity (Wildman–Crippen MR) is 152 cm³/mol. The minimum atomic E-state index is 0.577. The Balaban J connectivity index is 1.19. The molecule has 3 N–H and O–H groups in total. The lowest BCUT2D eigenvalue weighted by Gasteiger charge is -2.26. The molecule has 0 radical (unpaired) electrons. The first-order valence-corrected chi connectivity index (χ1v) is 13.0. The molecule has 1 aliphatic rings. The molecular weight excluding hydrogens is 494 g/mol. The summed E-state index contributed by atoms with van der Waals surface area (Å²) in [5.74, 6) is 1.53. The maximum Gasteiger partial charge on any atom is 0.140 e. The first-order chi connectivity index (χ1) is 19.2. The number of rotatable bonds is 12. The molecule has 1 aromatic carbocycles. The number of aromatic nitrogens is 4. The Morgan fingerprint density at radius 3 is 2.77 bits per heavy atom. The van der Waals surface area contributed by atoms with Crippen molar-refractivity contribution >= 4 is 23.4 Å². The Morgan fingerprint density at radius 1 is 1.13 bits per heavy atom.